The van der Waals surface area contributed by atoms with Crippen LogP contribution in [0.25, 0.3) is 0 Å². The van der Waals surface area contributed by atoms with Crippen molar-refractivity contribution in [3.05, 3.63) is 66.2 Å². The van der Waals surface area contributed by atoms with E-state index in [0.29, 0.717) is 0 Å². The Kier molecular flexibility index (Phi) is 3.14. The highest BCUT2D eigenvalue weighted by atomic mass is 32.1. The van der Waals surface area contributed by atoms with E-state index in [1.165, 1.54) is 0 Å². The first kappa shape index (κ1) is 13.0. The van der Waals surface area contributed by atoms with Crippen LogP contribution in [0.2, 0.25) is 0 Å². The number of rotatable bonds is 2. The Bertz CT molecular complexity index is 660. The largest absolute Gasteiger partial charge is 0.226 e. The van der Waals surface area contributed by atoms with Crippen molar-refractivity contribution < 1.29 is 0 Å². The summed E-state index contributed by atoms with van der Waals surface area (Å²) in [6, 6.07) is 20.3. The standard InChI is InChI=1S/C17H16N2S/c1-17(2)15(13-9-5-3-6-10-13)18-19(16(17)20)14-11-7-4-8-12-14/h3-12H,1-2H3. The molecule has 1 aliphatic rings. The molecule has 0 aromatic heterocycles. The quantitative estimate of drug-likeness (QED) is 0.764. The number of hydrogen-bond donors (Lipinski definition) is 0. The topological polar surface area (TPSA) is 15.6 Å². The third-order valence-corrected chi connectivity index (χ3v) is 4.25. The van der Waals surface area contributed by atoms with Crippen LogP contribution in [0, 0.1) is 5.41 Å². The highest BCUT2D eigenvalue weighted by molar-refractivity contribution is 7.80. The number of nitrogens with zero attached hydrogens (tertiary/aromatic N) is 2. The summed E-state index contributed by atoms with van der Waals surface area (Å²) in [7, 11) is 0. The lowest BCUT2D eigenvalue weighted by molar-refractivity contribution is 0.751. The van der Waals surface area contributed by atoms with Gasteiger partial charge in [0.05, 0.1) is 16.8 Å². The predicted molar refractivity (Wildman–Crippen MR) is 88.3 cm³/mol. The van der Waals surface area contributed by atoms with Crippen molar-refractivity contribution in [1.29, 1.82) is 0 Å². The summed E-state index contributed by atoms with van der Waals surface area (Å²) in [5.74, 6) is 0. The summed E-state index contributed by atoms with van der Waals surface area (Å²) in [4.78, 5) is 0.836. The minimum Gasteiger partial charge on any atom is -0.226 e. The number of anilines is 1. The van der Waals surface area contributed by atoms with Crippen LogP contribution in [0.3, 0.4) is 0 Å². The second-order valence-electron chi connectivity index (χ2n) is 5.39. The van der Waals surface area contributed by atoms with Gasteiger partial charge in [-0.1, -0.05) is 60.7 Å². The molecule has 2 nitrogen and oxygen atoms in total. The van der Waals surface area contributed by atoms with Crippen molar-refractivity contribution in [2.75, 3.05) is 5.01 Å². The summed E-state index contributed by atoms with van der Waals surface area (Å²) >= 11 is 5.65. The SMILES string of the molecule is CC1(C)C(=S)N(c2ccccc2)N=C1c1ccccc1. The van der Waals surface area contributed by atoms with Crippen molar-refractivity contribution in [3.8, 4) is 0 Å². The molecule has 0 bridgehead atoms. The lowest BCUT2D eigenvalue weighted by Crippen LogP contribution is -2.33. The van der Waals surface area contributed by atoms with Gasteiger partial charge in [-0.2, -0.15) is 5.10 Å². The van der Waals surface area contributed by atoms with E-state index in [1.54, 1.807) is 0 Å². The number of hydrazone groups is 1. The normalized spacial score (nSPS) is 17.2. The molecular formula is C17H16N2S. The first-order valence-electron chi connectivity index (χ1n) is 6.65. The van der Waals surface area contributed by atoms with E-state index in [0.717, 1.165) is 22.0 Å². The first-order chi connectivity index (χ1) is 9.60. The lowest BCUT2D eigenvalue weighted by Gasteiger charge is -2.22. The van der Waals surface area contributed by atoms with E-state index >= 15 is 0 Å². The van der Waals surface area contributed by atoms with Crippen LogP contribution in [-0.2, 0) is 0 Å². The Morgan fingerprint density at radius 3 is 2.05 bits per heavy atom. The molecule has 0 saturated heterocycles. The van der Waals surface area contributed by atoms with Gasteiger partial charge in [0, 0.05) is 0 Å². The molecule has 2 aromatic rings. The molecule has 0 unspecified atom stereocenters. The summed E-state index contributed by atoms with van der Waals surface area (Å²) in [5, 5.41) is 6.64. The van der Waals surface area contributed by atoms with Gasteiger partial charge in [-0.05, 0) is 31.5 Å². The van der Waals surface area contributed by atoms with Crippen molar-refractivity contribution in [3.63, 3.8) is 0 Å². The van der Waals surface area contributed by atoms with Gasteiger partial charge in [0.1, 0.15) is 4.99 Å². The Hall–Kier alpha value is -2.00. The highest BCUT2D eigenvalue weighted by Gasteiger charge is 2.40. The zero-order valence-corrected chi connectivity index (χ0v) is 12.4. The van der Waals surface area contributed by atoms with Crippen LogP contribution in [0.4, 0.5) is 5.69 Å². The molecule has 0 radical (unpaired) electrons. The van der Waals surface area contributed by atoms with Gasteiger partial charge >= 0.3 is 0 Å². The smallest absolute Gasteiger partial charge is 0.117 e. The van der Waals surface area contributed by atoms with Crippen LogP contribution >= 0.6 is 12.2 Å². The van der Waals surface area contributed by atoms with Gasteiger partial charge in [0.2, 0.25) is 0 Å². The predicted octanol–water partition coefficient (Wildman–Crippen LogP) is 4.26. The van der Waals surface area contributed by atoms with Gasteiger partial charge in [-0.15, -0.1) is 0 Å². The van der Waals surface area contributed by atoms with Gasteiger partial charge in [0.25, 0.3) is 0 Å². The fourth-order valence-corrected chi connectivity index (χ4v) is 2.64. The van der Waals surface area contributed by atoms with E-state index in [2.05, 4.69) is 26.0 Å². The molecule has 3 heteroatoms. The van der Waals surface area contributed by atoms with Crippen molar-refractivity contribution in [2.45, 2.75) is 13.8 Å². The fraction of sp³-hybridized carbons (Fsp3) is 0.176. The molecule has 0 N–H and O–H groups in total. The maximum absolute atomic E-state index is 5.65. The van der Waals surface area contributed by atoms with Crippen molar-refractivity contribution in [1.82, 2.24) is 0 Å². The monoisotopic (exact) mass is 280 g/mol. The van der Waals surface area contributed by atoms with Gasteiger partial charge in [-0.25, -0.2) is 5.01 Å². The number of thiocarbonyl (C=S) groups is 1. The molecule has 0 spiro atoms. The Balaban J connectivity index is 2.08. The van der Waals surface area contributed by atoms with E-state index in [-0.39, 0.29) is 5.41 Å². The van der Waals surface area contributed by atoms with Crippen molar-refractivity contribution >= 4 is 28.6 Å². The second-order valence-corrected chi connectivity index (χ2v) is 5.78. The first-order valence-corrected chi connectivity index (χ1v) is 7.05. The van der Waals surface area contributed by atoms with E-state index in [9.17, 15) is 0 Å². The van der Waals surface area contributed by atoms with Gasteiger partial charge in [0.15, 0.2) is 0 Å². The van der Waals surface area contributed by atoms with Gasteiger partial charge in [-0.3, -0.25) is 0 Å². The molecule has 0 atom stereocenters. The van der Waals surface area contributed by atoms with Crippen LogP contribution in [0.5, 0.6) is 0 Å². The van der Waals surface area contributed by atoms with Crippen molar-refractivity contribution in [2.24, 2.45) is 10.5 Å². The zero-order chi connectivity index (χ0) is 14.2. The molecule has 0 fully saturated rings. The second kappa shape index (κ2) is 4.84. The minimum atomic E-state index is -0.244. The third-order valence-electron chi connectivity index (χ3n) is 3.57. The Labute approximate surface area is 124 Å². The maximum atomic E-state index is 5.65. The third kappa shape index (κ3) is 2.04. The van der Waals surface area contributed by atoms with Crippen LogP contribution < -0.4 is 5.01 Å². The van der Waals surface area contributed by atoms with Crippen LogP contribution in [-0.4, -0.2) is 10.7 Å². The summed E-state index contributed by atoms with van der Waals surface area (Å²) in [6.45, 7) is 4.26. The molecule has 1 heterocycles. The van der Waals surface area contributed by atoms with Crippen LogP contribution in [0.1, 0.15) is 19.4 Å². The Morgan fingerprint density at radius 2 is 1.45 bits per heavy atom. The molecule has 20 heavy (non-hydrogen) atoms. The summed E-state index contributed by atoms with van der Waals surface area (Å²) < 4.78 is 0. The number of hydrogen-bond acceptors (Lipinski definition) is 2. The van der Waals surface area contributed by atoms with E-state index < -0.39 is 0 Å². The van der Waals surface area contributed by atoms with Gasteiger partial charge < -0.3 is 0 Å². The average molecular weight is 280 g/mol. The summed E-state index contributed by atoms with van der Waals surface area (Å²) in [5.41, 5.74) is 2.91. The minimum absolute atomic E-state index is 0.244. The molecule has 3 rings (SSSR count). The Morgan fingerprint density at radius 1 is 0.900 bits per heavy atom. The molecule has 1 aliphatic heterocycles. The molecule has 0 saturated carbocycles. The lowest BCUT2D eigenvalue weighted by atomic mass is 9.84. The summed E-state index contributed by atoms with van der Waals surface area (Å²) in [6.07, 6.45) is 0. The number of para-hydroxylation sites is 1. The zero-order valence-electron chi connectivity index (χ0n) is 11.6. The average Bonchev–Trinajstić information content (AvgIpc) is 2.72. The molecule has 100 valence electrons. The molecule has 0 amide bonds. The maximum Gasteiger partial charge on any atom is 0.117 e. The van der Waals surface area contributed by atoms with Crippen LogP contribution in [0.15, 0.2) is 65.8 Å². The number of benzene rings is 2. The molecule has 2 aromatic carbocycles. The highest BCUT2D eigenvalue weighted by Crippen LogP contribution is 2.35. The molecule has 0 aliphatic carbocycles. The molecular weight excluding hydrogens is 264 g/mol. The fourth-order valence-electron chi connectivity index (χ4n) is 2.40. The van der Waals surface area contributed by atoms with E-state index in [1.807, 2.05) is 53.5 Å². The van der Waals surface area contributed by atoms with E-state index in [4.69, 9.17) is 17.3 Å².